The van der Waals surface area contributed by atoms with E-state index in [9.17, 15) is 9.50 Å². The van der Waals surface area contributed by atoms with Crippen LogP contribution in [0.4, 0.5) is 10.1 Å². The van der Waals surface area contributed by atoms with Crippen LogP contribution >= 0.6 is 0 Å². The van der Waals surface area contributed by atoms with Gasteiger partial charge in [-0.2, -0.15) is 0 Å². The van der Waals surface area contributed by atoms with Crippen molar-refractivity contribution in [3.8, 4) is 0 Å². The van der Waals surface area contributed by atoms with Gasteiger partial charge in [-0.3, -0.25) is 14.9 Å². The number of allylic oxidation sites excluding steroid dienone is 4. The minimum Gasteiger partial charge on any atom is -0.396 e. The zero-order valence-electron chi connectivity index (χ0n) is 20.9. The van der Waals surface area contributed by atoms with Gasteiger partial charge in [-0.15, -0.1) is 0 Å². The standard InChI is InChI=1S/C30H35FN4O/c1-20-27-18-33-35(26-8-6-25(31)7-9-26)29(27)16-23-5-4-22(30(20)23)15-28(24-3-2-12-32-17-24)34-13-10-21(19-36)11-14-34/h2-3,6-9,12,16-18,20-22,28,33,36H,4-5,10-11,13-15,19H2,1H3/t20-,22+,28?/m0/s1. The molecule has 0 amide bonds. The van der Waals surface area contributed by atoms with E-state index in [1.165, 1.54) is 41.0 Å². The van der Waals surface area contributed by atoms with Gasteiger partial charge in [0.25, 0.3) is 0 Å². The third-order valence-corrected chi connectivity index (χ3v) is 8.71. The number of aliphatic hydroxyl groups is 1. The number of rotatable bonds is 6. The number of aliphatic hydroxyl groups excluding tert-OH is 1. The quantitative estimate of drug-likeness (QED) is 0.564. The van der Waals surface area contributed by atoms with Crippen LogP contribution in [0.25, 0.3) is 0 Å². The van der Waals surface area contributed by atoms with E-state index in [1.807, 2.05) is 24.5 Å². The summed E-state index contributed by atoms with van der Waals surface area (Å²) in [6, 6.07) is 11.3. The van der Waals surface area contributed by atoms with Crippen molar-refractivity contribution < 1.29 is 9.50 Å². The van der Waals surface area contributed by atoms with Crippen molar-refractivity contribution in [1.29, 1.82) is 0 Å². The van der Waals surface area contributed by atoms with E-state index in [4.69, 9.17) is 0 Å². The van der Waals surface area contributed by atoms with Gasteiger partial charge in [0.05, 0.1) is 11.4 Å². The van der Waals surface area contributed by atoms with Crippen molar-refractivity contribution in [3.63, 3.8) is 0 Å². The number of benzene rings is 1. The third kappa shape index (κ3) is 4.27. The summed E-state index contributed by atoms with van der Waals surface area (Å²) in [5.74, 6) is 1.10. The first-order chi connectivity index (χ1) is 17.6. The molecule has 3 atom stereocenters. The van der Waals surface area contributed by atoms with E-state index in [0.29, 0.717) is 30.4 Å². The van der Waals surface area contributed by atoms with Crippen LogP contribution in [-0.4, -0.2) is 34.7 Å². The predicted octanol–water partition coefficient (Wildman–Crippen LogP) is 5.51. The zero-order valence-corrected chi connectivity index (χ0v) is 20.9. The van der Waals surface area contributed by atoms with E-state index in [-0.39, 0.29) is 5.82 Å². The average Bonchev–Trinajstić information content (AvgIpc) is 3.53. The summed E-state index contributed by atoms with van der Waals surface area (Å²) in [5.41, 5.74) is 11.2. The second kappa shape index (κ2) is 9.83. The maximum atomic E-state index is 13.5. The Kier molecular flexibility index (Phi) is 6.40. The van der Waals surface area contributed by atoms with Gasteiger partial charge in [-0.1, -0.05) is 18.6 Å². The number of nitrogens with one attached hydrogen (secondary N) is 1. The minimum absolute atomic E-state index is 0.218. The summed E-state index contributed by atoms with van der Waals surface area (Å²) >= 11 is 0. The summed E-state index contributed by atoms with van der Waals surface area (Å²) in [6.07, 6.45) is 13.9. The van der Waals surface area contributed by atoms with Crippen LogP contribution in [0.2, 0.25) is 0 Å². The first-order valence-electron chi connectivity index (χ1n) is 13.3. The fraction of sp³-hybridized carbons (Fsp3) is 0.433. The number of likely N-dealkylation sites (tertiary alicyclic amines) is 1. The Labute approximate surface area is 213 Å². The first-order valence-corrected chi connectivity index (χ1v) is 13.3. The second-order valence-corrected chi connectivity index (χ2v) is 10.7. The van der Waals surface area contributed by atoms with Gasteiger partial charge >= 0.3 is 0 Å². The number of aromatic nitrogens is 1. The number of pyridine rings is 1. The average molecular weight is 487 g/mol. The fourth-order valence-electron chi connectivity index (χ4n) is 6.75. The van der Waals surface area contributed by atoms with E-state index in [1.54, 1.807) is 5.57 Å². The van der Waals surface area contributed by atoms with Crippen molar-refractivity contribution in [1.82, 2.24) is 15.3 Å². The molecule has 1 aromatic carbocycles. The third-order valence-electron chi connectivity index (χ3n) is 8.71. The first kappa shape index (κ1) is 23.4. The molecule has 6 rings (SSSR count). The monoisotopic (exact) mass is 486 g/mol. The van der Waals surface area contributed by atoms with Gasteiger partial charge < -0.3 is 10.5 Å². The highest BCUT2D eigenvalue weighted by Gasteiger charge is 2.39. The van der Waals surface area contributed by atoms with E-state index in [0.717, 1.165) is 44.5 Å². The van der Waals surface area contributed by atoms with E-state index < -0.39 is 0 Å². The molecule has 0 bridgehead atoms. The van der Waals surface area contributed by atoms with Crippen LogP contribution in [0, 0.1) is 23.6 Å². The van der Waals surface area contributed by atoms with Gasteiger partial charge in [0.1, 0.15) is 5.82 Å². The molecule has 4 aliphatic rings. The molecule has 2 N–H and O–H groups in total. The molecule has 5 nitrogen and oxygen atoms in total. The van der Waals surface area contributed by atoms with Gasteiger partial charge in [0, 0.05) is 42.7 Å². The maximum absolute atomic E-state index is 13.5. The lowest BCUT2D eigenvalue weighted by atomic mass is 9.77. The molecular weight excluding hydrogens is 451 g/mol. The Balaban J connectivity index is 1.27. The van der Waals surface area contributed by atoms with Crippen molar-refractivity contribution >= 4 is 5.69 Å². The number of hydrazine groups is 1. The lowest BCUT2D eigenvalue weighted by Crippen LogP contribution is -2.38. The molecular formula is C30H35FN4O. The van der Waals surface area contributed by atoms with Crippen LogP contribution in [-0.2, 0) is 0 Å². The molecule has 1 fully saturated rings. The van der Waals surface area contributed by atoms with Crippen molar-refractivity contribution in [2.45, 2.75) is 45.1 Å². The lowest BCUT2D eigenvalue weighted by Gasteiger charge is -2.39. The molecule has 2 aliphatic carbocycles. The molecule has 1 unspecified atom stereocenters. The van der Waals surface area contributed by atoms with Crippen molar-refractivity contribution in [2.75, 3.05) is 24.7 Å². The van der Waals surface area contributed by atoms with E-state index >= 15 is 0 Å². The molecule has 2 aliphatic heterocycles. The highest BCUT2D eigenvalue weighted by molar-refractivity contribution is 5.64. The molecule has 0 saturated carbocycles. The lowest BCUT2D eigenvalue weighted by molar-refractivity contribution is 0.0904. The number of nitrogens with zero attached hydrogens (tertiary/aromatic N) is 3. The molecule has 0 spiro atoms. The van der Waals surface area contributed by atoms with Crippen LogP contribution in [0.5, 0.6) is 0 Å². The second-order valence-electron chi connectivity index (χ2n) is 10.7. The summed E-state index contributed by atoms with van der Waals surface area (Å²) in [4.78, 5) is 7.08. The smallest absolute Gasteiger partial charge is 0.123 e. The highest BCUT2D eigenvalue weighted by Crippen LogP contribution is 2.50. The molecule has 188 valence electrons. The Morgan fingerprint density at radius 2 is 1.94 bits per heavy atom. The number of hydrogen-bond donors (Lipinski definition) is 2. The normalized spacial score (nSPS) is 25.2. The summed E-state index contributed by atoms with van der Waals surface area (Å²) in [7, 11) is 0. The molecule has 3 heterocycles. The van der Waals surface area contributed by atoms with Gasteiger partial charge in [0.15, 0.2) is 0 Å². The molecule has 6 heteroatoms. The van der Waals surface area contributed by atoms with Crippen LogP contribution in [0.3, 0.4) is 0 Å². The predicted molar refractivity (Wildman–Crippen MR) is 140 cm³/mol. The molecule has 1 saturated heterocycles. The molecule has 36 heavy (non-hydrogen) atoms. The van der Waals surface area contributed by atoms with Crippen molar-refractivity contribution in [2.24, 2.45) is 17.8 Å². The fourth-order valence-corrected chi connectivity index (χ4v) is 6.75. The van der Waals surface area contributed by atoms with Gasteiger partial charge in [-0.25, -0.2) is 4.39 Å². The zero-order chi connectivity index (χ0) is 24.6. The summed E-state index contributed by atoms with van der Waals surface area (Å²) in [6.45, 7) is 4.71. The summed E-state index contributed by atoms with van der Waals surface area (Å²) < 4.78 is 13.5. The van der Waals surface area contributed by atoms with Crippen LogP contribution < -0.4 is 10.4 Å². The molecule has 2 aromatic rings. The minimum atomic E-state index is -0.218. The van der Waals surface area contributed by atoms with E-state index in [2.05, 4.69) is 51.7 Å². The van der Waals surface area contributed by atoms with Crippen LogP contribution in [0.15, 0.2) is 83.5 Å². The van der Waals surface area contributed by atoms with Gasteiger partial charge in [0.2, 0.25) is 0 Å². The van der Waals surface area contributed by atoms with Crippen molar-refractivity contribution in [3.05, 3.63) is 94.9 Å². The molecule has 0 radical (unpaired) electrons. The number of fused-ring (bicyclic) bond motifs is 1. The SMILES string of the molecule is C[C@H]1C2=CNN(c3ccc(F)cc3)C2=CC2=C1[C@@H](CC(c1cccnc1)N1CCC(CO)CC1)CC2. The Hall–Kier alpha value is -2.96. The summed E-state index contributed by atoms with van der Waals surface area (Å²) in [5, 5.41) is 11.7. The number of hydrogen-bond acceptors (Lipinski definition) is 5. The largest absolute Gasteiger partial charge is 0.396 e. The maximum Gasteiger partial charge on any atom is 0.123 e. The number of halogens is 1. The number of anilines is 1. The van der Waals surface area contributed by atoms with Gasteiger partial charge in [-0.05, 0) is 105 Å². The Morgan fingerprint density at radius 1 is 1.14 bits per heavy atom. The Bertz CT molecular complexity index is 1180. The Morgan fingerprint density at radius 3 is 2.67 bits per heavy atom. The molecule has 1 aromatic heterocycles. The highest BCUT2D eigenvalue weighted by atomic mass is 19.1. The van der Waals surface area contributed by atoms with Crippen LogP contribution in [0.1, 0.15) is 50.6 Å². The number of piperidine rings is 1. The topological polar surface area (TPSA) is 51.6 Å².